The van der Waals surface area contributed by atoms with Crippen LogP contribution >= 0.6 is 0 Å². The molecule has 0 heterocycles. The molecule has 0 radical (unpaired) electrons. The van der Waals surface area contributed by atoms with Crippen LogP contribution in [0.15, 0.2) is 30.3 Å². The Hall–Kier alpha value is -1.02. The first-order valence-electron chi connectivity index (χ1n) is 6.35. The molecule has 0 fully saturated rings. The number of anilines is 1. The van der Waals surface area contributed by atoms with Gasteiger partial charge in [0.05, 0.1) is 0 Å². The zero-order chi connectivity index (χ0) is 11.8. The van der Waals surface area contributed by atoms with Crippen LogP contribution in [0.25, 0.3) is 0 Å². The van der Waals surface area contributed by atoms with Crippen LogP contribution in [-0.2, 0) is 0 Å². The number of para-hydroxylation sites is 1. The summed E-state index contributed by atoms with van der Waals surface area (Å²) < 4.78 is 0. The maximum Gasteiger partial charge on any atom is 0.0409 e. The predicted octanol–water partition coefficient (Wildman–Crippen LogP) is 3.03. The molecule has 1 aromatic rings. The second-order valence-corrected chi connectivity index (χ2v) is 4.18. The summed E-state index contributed by atoms with van der Waals surface area (Å²) in [6.45, 7) is 6.28. The van der Waals surface area contributed by atoms with Crippen molar-refractivity contribution in [2.24, 2.45) is 5.73 Å². The molecule has 0 spiro atoms. The van der Waals surface area contributed by atoms with Gasteiger partial charge in [-0.05, 0) is 25.0 Å². The van der Waals surface area contributed by atoms with Gasteiger partial charge in [0.25, 0.3) is 0 Å². The first-order valence-corrected chi connectivity index (χ1v) is 6.35. The summed E-state index contributed by atoms with van der Waals surface area (Å²) >= 11 is 0. The molecule has 2 N–H and O–H groups in total. The van der Waals surface area contributed by atoms with Crippen molar-refractivity contribution in [3.8, 4) is 0 Å². The summed E-state index contributed by atoms with van der Waals surface area (Å²) in [6, 6.07) is 11.1. The minimum atomic E-state index is 0.467. The van der Waals surface area contributed by atoms with Crippen LogP contribution in [-0.4, -0.2) is 19.1 Å². The largest absolute Gasteiger partial charge is 0.367 e. The van der Waals surface area contributed by atoms with E-state index in [0.29, 0.717) is 6.04 Å². The van der Waals surface area contributed by atoms with E-state index in [2.05, 4.69) is 49.1 Å². The molecular formula is C14H24N2. The van der Waals surface area contributed by atoms with E-state index >= 15 is 0 Å². The quantitative estimate of drug-likeness (QED) is 0.765. The zero-order valence-corrected chi connectivity index (χ0v) is 10.5. The van der Waals surface area contributed by atoms with Crippen molar-refractivity contribution in [3.63, 3.8) is 0 Å². The number of hydrogen-bond donors (Lipinski definition) is 1. The Morgan fingerprint density at radius 2 is 1.88 bits per heavy atom. The van der Waals surface area contributed by atoms with E-state index in [1.165, 1.54) is 18.5 Å². The molecule has 2 nitrogen and oxygen atoms in total. The Balaban J connectivity index is 2.78. The minimum Gasteiger partial charge on any atom is -0.367 e. The molecule has 0 saturated heterocycles. The van der Waals surface area contributed by atoms with Crippen LogP contribution in [0.5, 0.6) is 0 Å². The summed E-state index contributed by atoms with van der Waals surface area (Å²) in [5.74, 6) is 0. The molecule has 0 aliphatic carbocycles. The van der Waals surface area contributed by atoms with E-state index in [0.717, 1.165) is 19.5 Å². The van der Waals surface area contributed by atoms with Gasteiger partial charge in [-0.1, -0.05) is 38.5 Å². The van der Waals surface area contributed by atoms with Gasteiger partial charge in [0.1, 0.15) is 0 Å². The maximum atomic E-state index is 5.85. The number of rotatable bonds is 7. The van der Waals surface area contributed by atoms with Gasteiger partial charge in [-0.15, -0.1) is 0 Å². The fraction of sp³-hybridized carbons (Fsp3) is 0.571. The van der Waals surface area contributed by atoms with Crippen molar-refractivity contribution in [3.05, 3.63) is 30.3 Å². The van der Waals surface area contributed by atoms with Crippen molar-refractivity contribution >= 4 is 5.69 Å². The fourth-order valence-electron chi connectivity index (χ4n) is 1.98. The number of benzene rings is 1. The number of nitrogens with zero attached hydrogens (tertiary/aromatic N) is 1. The molecule has 1 aromatic carbocycles. The lowest BCUT2D eigenvalue weighted by atomic mass is 10.1. The Morgan fingerprint density at radius 3 is 2.38 bits per heavy atom. The second kappa shape index (κ2) is 7.29. The van der Waals surface area contributed by atoms with E-state index in [-0.39, 0.29) is 0 Å². The third-order valence-corrected chi connectivity index (χ3v) is 3.02. The van der Waals surface area contributed by atoms with E-state index < -0.39 is 0 Å². The van der Waals surface area contributed by atoms with Crippen molar-refractivity contribution in [2.45, 2.75) is 39.2 Å². The van der Waals surface area contributed by atoms with E-state index in [9.17, 15) is 0 Å². The summed E-state index contributed by atoms with van der Waals surface area (Å²) in [7, 11) is 0. The predicted molar refractivity (Wildman–Crippen MR) is 71.8 cm³/mol. The molecular weight excluding hydrogens is 196 g/mol. The monoisotopic (exact) mass is 220 g/mol. The molecule has 0 saturated carbocycles. The van der Waals surface area contributed by atoms with Crippen LogP contribution in [0, 0.1) is 0 Å². The highest BCUT2D eigenvalue weighted by atomic mass is 15.2. The zero-order valence-electron chi connectivity index (χ0n) is 10.5. The maximum absolute atomic E-state index is 5.85. The van der Waals surface area contributed by atoms with Gasteiger partial charge < -0.3 is 10.6 Å². The van der Waals surface area contributed by atoms with Crippen molar-refractivity contribution in [2.75, 3.05) is 18.0 Å². The summed E-state index contributed by atoms with van der Waals surface area (Å²) in [5.41, 5.74) is 7.15. The van der Waals surface area contributed by atoms with E-state index in [1.807, 2.05) is 0 Å². The molecule has 0 aliphatic heterocycles. The third-order valence-electron chi connectivity index (χ3n) is 3.02. The Bertz CT molecular complexity index is 267. The molecule has 0 aliphatic rings. The Kier molecular flexibility index (Phi) is 5.94. The van der Waals surface area contributed by atoms with Gasteiger partial charge in [0.15, 0.2) is 0 Å². The molecule has 0 aromatic heterocycles. The van der Waals surface area contributed by atoms with E-state index in [1.54, 1.807) is 0 Å². The van der Waals surface area contributed by atoms with Gasteiger partial charge in [0.2, 0.25) is 0 Å². The van der Waals surface area contributed by atoms with Crippen LogP contribution in [0.1, 0.15) is 33.1 Å². The highest BCUT2D eigenvalue weighted by molar-refractivity contribution is 5.47. The molecule has 0 amide bonds. The number of unbranched alkanes of at least 4 members (excludes halogenated alkanes) is 1. The summed E-state index contributed by atoms with van der Waals surface area (Å²) in [4.78, 5) is 2.45. The normalized spacial score (nSPS) is 12.4. The standard InChI is InChI=1S/C14H24N2/c1-3-5-11-16(13(4-2)12-15)14-9-7-6-8-10-14/h6-10,13H,3-5,11-12,15H2,1-2H3. The molecule has 1 unspecified atom stereocenters. The van der Waals surface area contributed by atoms with Gasteiger partial charge in [0, 0.05) is 24.8 Å². The fourth-order valence-corrected chi connectivity index (χ4v) is 1.98. The highest BCUT2D eigenvalue weighted by Crippen LogP contribution is 2.18. The first-order chi connectivity index (χ1) is 7.83. The average molecular weight is 220 g/mol. The topological polar surface area (TPSA) is 29.3 Å². The Labute approximate surface area is 99.5 Å². The first kappa shape index (κ1) is 13.0. The highest BCUT2D eigenvalue weighted by Gasteiger charge is 2.14. The molecule has 1 rings (SSSR count). The van der Waals surface area contributed by atoms with Crippen molar-refractivity contribution in [1.29, 1.82) is 0 Å². The van der Waals surface area contributed by atoms with Gasteiger partial charge in [-0.2, -0.15) is 0 Å². The second-order valence-electron chi connectivity index (χ2n) is 4.18. The molecule has 1 atom stereocenters. The van der Waals surface area contributed by atoms with Crippen LogP contribution in [0.3, 0.4) is 0 Å². The number of nitrogens with two attached hydrogens (primary N) is 1. The summed E-state index contributed by atoms with van der Waals surface area (Å²) in [5, 5.41) is 0. The molecule has 2 heteroatoms. The van der Waals surface area contributed by atoms with Crippen molar-refractivity contribution in [1.82, 2.24) is 0 Å². The lowest BCUT2D eigenvalue weighted by Gasteiger charge is -2.32. The van der Waals surface area contributed by atoms with Gasteiger partial charge in [-0.25, -0.2) is 0 Å². The summed E-state index contributed by atoms with van der Waals surface area (Å²) in [6.07, 6.45) is 3.56. The van der Waals surface area contributed by atoms with Gasteiger partial charge >= 0.3 is 0 Å². The van der Waals surface area contributed by atoms with E-state index in [4.69, 9.17) is 5.73 Å². The molecule has 0 bridgehead atoms. The minimum absolute atomic E-state index is 0.467. The molecule has 16 heavy (non-hydrogen) atoms. The van der Waals surface area contributed by atoms with Crippen molar-refractivity contribution < 1.29 is 0 Å². The number of hydrogen-bond acceptors (Lipinski definition) is 2. The van der Waals surface area contributed by atoms with Crippen LogP contribution in [0.4, 0.5) is 5.69 Å². The lowest BCUT2D eigenvalue weighted by Crippen LogP contribution is -2.41. The smallest absolute Gasteiger partial charge is 0.0409 e. The Morgan fingerprint density at radius 1 is 1.19 bits per heavy atom. The van der Waals surface area contributed by atoms with Crippen LogP contribution in [0.2, 0.25) is 0 Å². The van der Waals surface area contributed by atoms with Crippen LogP contribution < -0.4 is 10.6 Å². The molecule has 90 valence electrons. The average Bonchev–Trinajstić information content (AvgIpc) is 2.35. The third kappa shape index (κ3) is 3.53. The van der Waals surface area contributed by atoms with Gasteiger partial charge in [-0.3, -0.25) is 0 Å². The lowest BCUT2D eigenvalue weighted by molar-refractivity contribution is 0.566. The SMILES string of the molecule is CCCCN(c1ccccc1)C(CC)CN.